The van der Waals surface area contributed by atoms with E-state index in [0.717, 1.165) is 16.9 Å². The van der Waals surface area contributed by atoms with Gasteiger partial charge in [-0.2, -0.15) is 5.10 Å². The molecule has 0 radical (unpaired) electrons. The molecular weight excluding hydrogens is 382 g/mol. The van der Waals surface area contributed by atoms with Crippen LogP contribution in [-0.4, -0.2) is 32.3 Å². The number of anilines is 1. The highest BCUT2D eigenvalue weighted by Gasteiger charge is 2.14. The van der Waals surface area contributed by atoms with Crippen LogP contribution < -0.4 is 15.6 Å². The van der Waals surface area contributed by atoms with E-state index in [1.165, 1.54) is 17.2 Å². The summed E-state index contributed by atoms with van der Waals surface area (Å²) in [6, 6.07) is 13.2. The maximum Gasteiger partial charge on any atom is 0.261 e. The smallest absolute Gasteiger partial charge is 0.261 e. The van der Waals surface area contributed by atoms with Crippen molar-refractivity contribution in [1.29, 1.82) is 0 Å². The molecule has 2 heterocycles. The number of carbonyl (C=O) groups excluding carboxylic acids is 1. The molecular formula is C22H21N5O3. The number of para-hydroxylation sites is 2. The molecule has 0 aliphatic rings. The molecule has 0 aliphatic carbocycles. The summed E-state index contributed by atoms with van der Waals surface area (Å²) in [5.41, 5.74) is 3.54. The summed E-state index contributed by atoms with van der Waals surface area (Å²) in [6.45, 7) is 4.27. The molecule has 1 amide bonds. The molecule has 0 aliphatic heterocycles. The molecule has 8 heteroatoms. The summed E-state index contributed by atoms with van der Waals surface area (Å²) in [7, 11) is 0. The summed E-state index contributed by atoms with van der Waals surface area (Å²) < 4.78 is 7.28. The van der Waals surface area contributed by atoms with Gasteiger partial charge in [-0.1, -0.05) is 29.8 Å². The molecule has 30 heavy (non-hydrogen) atoms. The first-order valence-corrected chi connectivity index (χ1v) is 9.53. The molecule has 2 aromatic heterocycles. The largest absolute Gasteiger partial charge is 0.493 e. The van der Waals surface area contributed by atoms with Gasteiger partial charge in [-0.05, 0) is 37.6 Å². The molecule has 0 atom stereocenters. The number of carbonyl (C=O) groups is 1. The van der Waals surface area contributed by atoms with Crippen LogP contribution >= 0.6 is 0 Å². The minimum Gasteiger partial charge on any atom is -0.493 e. The van der Waals surface area contributed by atoms with Crippen LogP contribution in [0.15, 0.2) is 59.8 Å². The number of nitrogens with one attached hydrogen (secondary N) is 2. The van der Waals surface area contributed by atoms with Gasteiger partial charge in [-0.25, -0.2) is 9.67 Å². The van der Waals surface area contributed by atoms with Crippen molar-refractivity contribution in [3.8, 4) is 11.4 Å². The van der Waals surface area contributed by atoms with Gasteiger partial charge in [0.15, 0.2) is 5.65 Å². The summed E-state index contributed by atoms with van der Waals surface area (Å²) in [5, 5.41) is 7.54. The van der Waals surface area contributed by atoms with Crippen LogP contribution in [0, 0.1) is 13.8 Å². The predicted octanol–water partition coefficient (Wildman–Crippen LogP) is 3.13. The first-order valence-electron chi connectivity index (χ1n) is 9.53. The lowest BCUT2D eigenvalue weighted by atomic mass is 10.1. The molecule has 0 spiro atoms. The van der Waals surface area contributed by atoms with Crippen molar-refractivity contribution in [2.24, 2.45) is 0 Å². The lowest BCUT2D eigenvalue weighted by Crippen LogP contribution is -2.17. The zero-order valence-corrected chi connectivity index (χ0v) is 16.7. The second kappa shape index (κ2) is 8.20. The average molecular weight is 403 g/mol. The van der Waals surface area contributed by atoms with E-state index in [2.05, 4.69) is 20.4 Å². The Morgan fingerprint density at radius 2 is 2.03 bits per heavy atom. The van der Waals surface area contributed by atoms with E-state index in [1.54, 1.807) is 12.1 Å². The third kappa shape index (κ3) is 3.93. The molecule has 152 valence electrons. The zero-order valence-electron chi connectivity index (χ0n) is 16.7. The maximum absolute atomic E-state index is 12.5. The molecule has 0 fully saturated rings. The number of ether oxygens (including phenoxy) is 1. The number of aromatic nitrogens is 4. The van der Waals surface area contributed by atoms with Crippen LogP contribution in [0.1, 0.15) is 17.5 Å². The van der Waals surface area contributed by atoms with E-state index in [1.807, 2.05) is 44.2 Å². The number of rotatable bonds is 6. The molecule has 2 N–H and O–H groups in total. The van der Waals surface area contributed by atoms with E-state index < -0.39 is 0 Å². The van der Waals surface area contributed by atoms with Crippen LogP contribution in [0.3, 0.4) is 0 Å². The SMILES string of the molecule is Cc1ccc(OCCC(=O)Nc2ccccc2-n2ncc3c(=O)[nH]cnc32)c(C)c1. The van der Waals surface area contributed by atoms with E-state index in [-0.39, 0.29) is 24.5 Å². The number of amides is 1. The van der Waals surface area contributed by atoms with Gasteiger partial charge in [0.05, 0.1) is 36.9 Å². The lowest BCUT2D eigenvalue weighted by molar-refractivity contribution is -0.116. The summed E-state index contributed by atoms with van der Waals surface area (Å²) >= 11 is 0. The summed E-state index contributed by atoms with van der Waals surface area (Å²) in [6.07, 6.45) is 2.98. The Morgan fingerprint density at radius 1 is 1.20 bits per heavy atom. The molecule has 0 unspecified atom stereocenters. The molecule has 4 aromatic rings. The van der Waals surface area contributed by atoms with E-state index >= 15 is 0 Å². The van der Waals surface area contributed by atoms with Crippen molar-refractivity contribution in [2.75, 3.05) is 11.9 Å². The number of fused-ring (bicyclic) bond motifs is 1. The fourth-order valence-corrected chi connectivity index (χ4v) is 3.22. The molecule has 2 aromatic carbocycles. The highest BCUT2D eigenvalue weighted by Crippen LogP contribution is 2.23. The summed E-state index contributed by atoms with van der Waals surface area (Å²) in [4.78, 5) is 31.2. The first-order chi connectivity index (χ1) is 14.5. The number of nitrogens with zero attached hydrogens (tertiary/aromatic N) is 3. The molecule has 0 bridgehead atoms. The quantitative estimate of drug-likeness (QED) is 0.515. The van der Waals surface area contributed by atoms with Gasteiger partial charge in [0, 0.05) is 0 Å². The van der Waals surface area contributed by atoms with Gasteiger partial charge < -0.3 is 15.0 Å². The number of benzene rings is 2. The minimum absolute atomic E-state index is 0.186. The minimum atomic E-state index is -0.267. The Bertz CT molecular complexity index is 1280. The summed E-state index contributed by atoms with van der Waals surface area (Å²) in [5.74, 6) is 0.586. The van der Waals surface area contributed by atoms with Crippen LogP contribution in [-0.2, 0) is 4.79 Å². The monoisotopic (exact) mass is 403 g/mol. The van der Waals surface area contributed by atoms with Crippen molar-refractivity contribution in [3.63, 3.8) is 0 Å². The van der Waals surface area contributed by atoms with Gasteiger partial charge >= 0.3 is 0 Å². The first kappa shape index (κ1) is 19.4. The fraction of sp³-hybridized carbons (Fsp3) is 0.182. The predicted molar refractivity (Wildman–Crippen MR) is 114 cm³/mol. The maximum atomic E-state index is 12.5. The lowest BCUT2D eigenvalue weighted by Gasteiger charge is -2.12. The third-order valence-corrected chi connectivity index (χ3v) is 4.69. The van der Waals surface area contributed by atoms with Crippen molar-refractivity contribution < 1.29 is 9.53 Å². The number of hydrogen-bond donors (Lipinski definition) is 2. The Hall–Kier alpha value is -3.94. The normalized spacial score (nSPS) is 10.9. The van der Waals surface area contributed by atoms with Crippen molar-refractivity contribution in [3.05, 3.63) is 76.5 Å². The van der Waals surface area contributed by atoms with Crippen LogP contribution in [0.2, 0.25) is 0 Å². The third-order valence-electron chi connectivity index (χ3n) is 4.69. The Balaban J connectivity index is 1.48. The standard InChI is InChI=1S/C22H21N5O3/c1-14-7-8-19(15(2)11-14)30-10-9-20(28)26-17-5-3-4-6-18(17)27-21-16(12-25-27)22(29)24-13-23-21/h3-8,11-13H,9-10H2,1-2H3,(H,26,28)(H,23,24,29). The number of H-pyrrole nitrogens is 1. The Morgan fingerprint density at radius 3 is 2.87 bits per heavy atom. The van der Waals surface area contributed by atoms with Gasteiger partial charge in [0.2, 0.25) is 5.91 Å². The second-order valence-electron chi connectivity index (χ2n) is 6.96. The van der Waals surface area contributed by atoms with Crippen molar-refractivity contribution >= 4 is 22.6 Å². The van der Waals surface area contributed by atoms with Crippen LogP contribution in [0.5, 0.6) is 5.75 Å². The van der Waals surface area contributed by atoms with Gasteiger partial charge in [-0.3, -0.25) is 9.59 Å². The van der Waals surface area contributed by atoms with Crippen LogP contribution in [0.4, 0.5) is 5.69 Å². The Labute approximate surface area is 172 Å². The van der Waals surface area contributed by atoms with Gasteiger partial charge in [-0.15, -0.1) is 0 Å². The number of hydrogen-bond acceptors (Lipinski definition) is 5. The van der Waals surface area contributed by atoms with E-state index in [9.17, 15) is 9.59 Å². The second-order valence-corrected chi connectivity index (χ2v) is 6.96. The molecule has 8 nitrogen and oxygen atoms in total. The van der Waals surface area contributed by atoms with Crippen LogP contribution in [0.25, 0.3) is 16.7 Å². The van der Waals surface area contributed by atoms with Crippen molar-refractivity contribution in [1.82, 2.24) is 19.7 Å². The molecule has 0 saturated heterocycles. The zero-order chi connectivity index (χ0) is 21.1. The topological polar surface area (TPSA) is 102 Å². The Kier molecular flexibility index (Phi) is 5.30. The van der Waals surface area contributed by atoms with Gasteiger partial charge in [0.1, 0.15) is 11.1 Å². The molecule has 0 saturated carbocycles. The number of aromatic amines is 1. The van der Waals surface area contributed by atoms with E-state index in [0.29, 0.717) is 22.4 Å². The fourth-order valence-electron chi connectivity index (χ4n) is 3.22. The number of aryl methyl sites for hydroxylation is 2. The highest BCUT2D eigenvalue weighted by atomic mass is 16.5. The highest BCUT2D eigenvalue weighted by molar-refractivity contribution is 5.93. The van der Waals surface area contributed by atoms with Crippen molar-refractivity contribution in [2.45, 2.75) is 20.3 Å². The average Bonchev–Trinajstić information content (AvgIpc) is 3.15. The van der Waals surface area contributed by atoms with E-state index in [4.69, 9.17) is 4.74 Å². The van der Waals surface area contributed by atoms with Gasteiger partial charge in [0.25, 0.3) is 5.56 Å². The molecule has 4 rings (SSSR count).